The summed E-state index contributed by atoms with van der Waals surface area (Å²) in [6, 6.07) is 8.68. The molecule has 162 valence electrons. The van der Waals surface area contributed by atoms with Crippen molar-refractivity contribution in [2.24, 2.45) is 0 Å². The van der Waals surface area contributed by atoms with Gasteiger partial charge < -0.3 is 9.67 Å². The average molecular weight is 430 g/mol. The van der Waals surface area contributed by atoms with Crippen molar-refractivity contribution in [3.05, 3.63) is 71.8 Å². The standard InChI is InChI=1S/C22H21F3N4O2/c23-22(24,25)17-3-1-15(2-4-17)12-29(18-5-6-18)10-9-28-13-20(27-14-28)19-11-16(21(30)31)7-8-26-19/h1-4,7-8,11,13-14,18H,5-6,9-10,12H2,(H,30,31). The van der Waals surface area contributed by atoms with Crippen LogP contribution in [0.2, 0.25) is 0 Å². The fourth-order valence-corrected chi connectivity index (χ4v) is 3.43. The molecule has 0 unspecified atom stereocenters. The van der Waals surface area contributed by atoms with Crippen molar-refractivity contribution >= 4 is 5.97 Å². The van der Waals surface area contributed by atoms with Gasteiger partial charge >= 0.3 is 12.1 Å². The van der Waals surface area contributed by atoms with Crippen molar-refractivity contribution in [3.63, 3.8) is 0 Å². The summed E-state index contributed by atoms with van der Waals surface area (Å²) in [5.74, 6) is -1.02. The lowest BCUT2D eigenvalue weighted by Gasteiger charge is -2.22. The maximum Gasteiger partial charge on any atom is 0.416 e. The van der Waals surface area contributed by atoms with Gasteiger partial charge in [-0.1, -0.05) is 12.1 Å². The Bertz CT molecular complexity index is 1060. The summed E-state index contributed by atoms with van der Waals surface area (Å²) in [5, 5.41) is 9.13. The fraction of sp³-hybridized carbons (Fsp3) is 0.318. The second-order valence-corrected chi connectivity index (χ2v) is 7.63. The summed E-state index contributed by atoms with van der Waals surface area (Å²) in [7, 11) is 0. The van der Waals surface area contributed by atoms with Crippen LogP contribution in [0.5, 0.6) is 0 Å². The van der Waals surface area contributed by atoms with Crippen molar-refractivity contribution in [2.75, 3.05) is 6.54 Å². The van der Waals surface area contributed by atoms with Crippen LogP contribution in [0, 0.1) is 0 Å². The Balaban J connectivity index is 1.39. The topological polar surface area (TPSA) is 71.2 Å². The molecule has 31 heavy (non-hydrogen) atoms. The molecular formula is C22H21F3N4O2. The molecule has 0 saturated heterocycles. The summed E-state index contributed by atoms with van der Waals surface area (Å²) in [4.78, 5) is 21.9. The fourth-order valence-electron chi connectivity index (χ4n) is 3.43. The highest BCUT2D eigenvalue weighted by Crippen LogP contribution is 2.31. The van der Waals surface area contributed by atoms with Gasteiger partial charge in [0, 0.05) is 38.1 Å². The van der Waals surface area contributed by atoms with Gasteiger partial charge in [0.2, 0.25) is 0 Å². The monoisotopic (exact) mass is 430 g/mol. The van der Waals surface area contributed by atoms with Gasteiger partial charge in [0.25, 0.3) is 0 Å². The minimum absolute atomic E-state index is 0.149. The van der Waals surface area contributed by atoms with E-state index in [-0.39, 0.29) is 5.56 Å². The molecule has 4 rings (SSSR count). The normalized spacial score (nSPS) is 14.2. The predicted octanol–water partition coefficient (Wildman–Crippen LogP) is 4.33. The van der Waals surface area contributed by atoms with Crippen LogP contribution in [0.4, 0.5) is 13.2 Å². The van der Waals surface area contributed by atoms with E-state index in [2.05, 4.69) is 14.9 Å². The summed E-state index contributed by atoms with van der Waals surface area (Å²) in [5.41, 5.74) is 1.43. The maximum absolute atomic E-state index is 12.8. The van der Waals surface area contributed by atoms with Crippen molar-refractivity contribution < 1.29 is 23.1 Å². The van der Waals surface area contributed by atoms with E-state index in [0.29, 0.717) is 30.5 Å². The van der Waals surface area contributed by atoms with Crippen LogP contribution in [-0.4, -0.2) is 43.1 Å². The Morgan fingerprint density at radius 2 is 1.87 bits per heavy atom. The highest BCUT2D eigenvalue weighted by molar-refractivity contribution is 5.88. The number of nitrogens with zero attached hydrogens (tertiary/aromatic N) is 4. The Labute approximate surface area is 177 Å². The number of pyridine rings is 1. The van der Waals surface area contributed by atoms with Gasteiger partial charge in [-0.3, -0.25) is 9.88 Å². The number of carboxylic acid groups (broad SMARTS) is 1. The first-order valence-corrected chi connectivity index (χ1v) is 9.91. The number of carboxylic acids is 1. The quantitative estimate of drug-likeness (QED) is 0.576. The molecule has 3 aromatic rings. The number of carbonyl (C=O) groups is 1. The molecule has 9 heteroatoms. The van der Waals surface area contributed by atoms with Crippen molar-refractivity contribution in [1.29, 1.82) is 0 Å². The van der Waals surface area contributed by atoms with Gasteiger partial charge in [0.05, 0.1) is 23.1 Å². The van der Waals surface area contributed by atoms with Gasteiger partial charge in [0.1, 0.15) is 5.69 Å². The number of aromatic carboxylic acids is 1. The number of imidazole rings is 1. The smallest absolute Gasteiger partial charge is 0.416 e. The largest absolute Gasteiger partial charge is 0.478 e. The van der Waals surface area contributed by atoms with Gasteiger partial charge in [-0.2, -0.15) is 13.2 Å². The summed E-state index contributed by atoms with van der Waals surface area (Å²) < 4.78 is 40.2. The van der Waals surface area contributed by atoms with Crippen LogP contribution in [0.3, 0.4) is 0 Å². The molecule has 1 aliphatic rings. The highest BCUT2D eigenvalue weighted by atomic mass is 19.4. The van der Waals surface area contributed by atoms with Crippen LogP contribution in [-0.2, 0) is 19.3 Å². The Kier molecular flexibility index (Phi) is 5.77. The molecule has 0 radical (unpaired) electrons. The van der Waals surface area contributed by atoms with E-state index in [1.165, 1.54) is 30.5 Å². The van der Waals surface area contributed by atoms with E-state index in [1.807, 2.05) is 10.8 Å². The maximum atomic E-state index is 12.8. The SMILES string of the molecule is O=C(O)c1ccnc(-c2cn(CCN(Cc3ccc(C(F)(F)F)cc3)C3CC3)cn2)c1. The first-order chi connectivity index (χ1) is 14.8. The zero-order valence-electron chi connectivity index (χ0n) is 16.6. The second kappa shape index (κ2) is 8.50. The van der Waals surface area contributed by atoms with Gasteiger partial charge in [-0.15, -0.1) is 0 Å². The third-order valence-electron chi connectivity index (χ3n) is 5.28. The second-order valence-electron chi connectivity index (χ2n) is 7.63. The minimum Gasteiger partial charge on any atom is -0.478 e. The highest BCUT2D eigenvalue weighted by Gasteiger charge is 2.31. The molecule has 2 aromatic heterocycles. The number of hydrogen-bond acceptors (Lipinski definition) is 4. The van der Waals surface area contributed by atoms with Crippen molar-refractivity contribution in [1.82, 2.24) is 19.4 Å². The first-order valence-electron chi connectivity index (χ1n) is 9.91. The summed E-state index contributed by atoms with van der Waals surface area (Å²) in [6.45, 7) is 1.97. The van der Waals surface area contributed by atoms with E-state index >= 15 is 0 Å². The van der Waals surface area contributed by atoms with Crippen molar-refractivity contribution in [3.8, 4) is 11.4 Å². The Hall–Kier alpha value is -3.20. The molecular weight excluding hydrogens is 409 g/mol. The number of hydrogen-bond donors (Lipinski definition) is 1. The molecule has 0 amide bonds. The first kappa shape index (κ1) is 21.0. The molecule has 1 saturated carbocycles. The number of rotatable bonds is 8. The van der Waals surface area contributed by atoms with E-state index in [1.54, 1.807) is 6.33 Å². The molecule has 2 heterocycles. The zero-order valence-corrected chi connectivity index (χ0v) is 16.6. The third-order valence-corrected chi connectivity index (χ3v) is 5.28. The van der Waals surface area contributed by atoms with E-state index in [9.17, 15) is 18.0 Å². The predicted molar refractivity (Wildman–Crippen MR) is 107 cm³/mol. The molecule has 0 spiro atoms. The average Bonchev–Trinajstić information content (AvgIpc) is 3.48. The number of benzene rings is 1. The van der Waals surface area contributed by atoms with Gasteiger partial charge in [-0.25, -0.2) is 9.78 Å². The molecule has 1 fully saturated rings. The molecule has 0 bridgehead atoms. The molecule has 6 nitrogen and oxygen atoms in total. The third kappa shape index (κ3) is 5.29. The van der Waals surface area contributed by atoms with Gasteiger partial charge in [-0.05, 0) is 42.7 Å². The van der Waals surface area contributed by atoms with E-state index in [4.69, 9.17) is 5.11 Å². The minimum atomic E-state index is -4.33. The number of halogens is 3. The van der Waals surface area contributed by atoms with Crippen LogP contribution >= 0.6 is 0 Å². The van der Waals surface area contributed by atoms with Crippen LogP contribution in [0.25, 0.3) is 11.4 Å². The van der Waals surface area contributed by atoms with Crippen LogP contribution in [0.1, 0.15) is 34.3 Å². The lowest BCUT2D eigenvalue weighted by atomic mass is 10.1. The zero-order chi connectivity index (χ0) is 22.0. The van der Waals surface area contributed by atoms with Gasteiger partial charge in [0.15, 0.2) is 0 Å². The Morgan fingerprint density at radius 3 is 2.52 bits per heavy atom. The van der Waals surface area contributed by atoms with E-state index in [0.717, 1.165) is 37.1 Å². The lowest BCUT2D eigenvalue weighted by molar-refractivity contribution is -0.137. The lowest BCUT2D eigenvalue weighted by Crippen LogP contribution is -2.29. The molecule has 0 atom stereocenters. The molecule has 0 aliphatic heterocycles. The number of aromatic nitrogens is 3. The Morgan fingerprint density at radius 1 is 1.13 bits per heavy atom. The van der Waals surface area contributed by atoms with Crippen LogP contribution in [0.15, 0.2) is 55.1 Å². The molecule has 1 aliphatic carbocycles. The molecule has 1 N–H and O–H groups in total. The van der Waals surface area contributed by atoms with Crippen LogP contribution < -0.4 is 0 Å². The summed E-state index contributed by atoms with van der Waals surface area (Å²) >= 11 is 0. The van der Waals surface area contributed by atoms with Crippen molar-refractivity contribution in [2.45, 2.75) is 38.1 Å². The molecule has 1 aromatic carbocycles. The summed E-state index contributed by atoms with van der Waals surface area (Å²) in [6.07, 6.45) is 2.78. The van der Waals surface area contributed by atoms with E-state index < -0.39 is 17.7 Å². The number of alkyl halides is 3.